The molecule has 168 valence electrons. The van der Waals surface area contributed by atoms with Crippen LogP contribution in [-0.4, -0.2) is 17.3 Å². The van der Waals surface area contributed by atoms with Crippen molar-refractivity contribution in [3.63, 3.8) is 0 Å². The standard InChI is InChI=1S/C27H26ClN3OS/c1-18(2)23-14-9-19(3)15-26(23)32-16-24(20-7-5-4-6-8-20)30-31-27-29-25(17-33-27)21-10-12-22(28)13-11-21/h4-15,17-18H,16H2,1-3H3,(H,29,31)/b30-24-. The topological polar surface area (TPSA) is 46.5 Å². The van der Waals surface area contributed by atoms with Gasteiger partial charge in [-0.15, -0.1) is 11.3 Å². The van der Waals surface area contributed by atoms with Gasteiger partial charge >= 0.3 is 0 Å². The third-order valence-corrected chi connectivity index (χ3v) is 6.19. The molecule has 4 rings (SSSR count). The molecule has 0 unspecified atom stereocenters. The van der Waals surface area contributed by atoms with Gasteiger partial charge in [-0.2, -0.15) is 5.10 Å². The van der Waals surface area contributed by atoms with Gasteiger partial charge in [-0.05, 0) is 42.2 Å². The molecule has 1 heterocycles. The van der Waals surface area contributed by atoms with E-state index in [1.165, 1.54) is 22.5 Å². The quantitative estimate of drug-likeness (QED) is 0.209. The molecule has 4 nitrogen and oxygen atoms in total. The molecular weight excluding hydrogens is 450 g/mol. The van der Waals surface area contributed by atoms with Crippen LogP contribution in [0, 0.1) is 6.92 Å². The van der Waals surface area contributed by atoms with E-state index in [9.17, 15) is 0 Å². The van der Waals surface area contributed by atoms with Gasteiger partial charge in [0.25, 0.3) is 0 Å². The molecule has 0 amide bonds. The van der Waals surface area contributed by atoms with Crippen LogP contribution in [0.3, 0.4) is 0 Å². The Morgan fingerprint density at radius 3 is 2.55 bits per heavy atom. The van der Waals surface area contributed by atoms with Gasteiger partial charge in [0, 0.05) is 21.5 Å². The van der Waals surface area contributed by atoms with E-state index in [4.69, 9.17) is 16.3 Å². The lowest BCUT2D eigenvalue weighted by atomic mass is 10.0. The maximum atomic E-state index is 6.27. The first kappa shape index (κ1) is 23.0. The summed E-state index contributed by atoms with van der Waals surface area (Å²) in [6, 6.07) is 24.1. The van der Waals surface area contributed by atoms with E-state index in [2.05, 4.69) is 54.5 Å². The zero-order chi connectivity index (χ0) is 23.2. The third-order valence-electron chi connectivity index (χ3n) is 5.19. The van der Waals surface area contributed by atoms with Gasteiger partial charge in [-0.3, -0.25) is 5.43 Å². The van der Waals surface area contributed by atoms with Crippen LogP contribution in [0.5, 0.6) is 5.75 Å². The Kier molecular flexibility index (Phi) is 7.43. The van der Waals surface area contributed by atoms with Crippen molar-refractivity contribution >= 4 is 33.8 Å². The fourth-order valence-electron chi connectivity index (χ4n) is 3.39. The van der Waals surface area contributed by atoms with Crippen molar-refractivity contribution in [1.29, 1.82) is 0 Å². The van der Waals surface area contributed by atoms with Crippen LogP contribution in [0.4, 0.5) is 5.13 Å². The zero-order valence-electron chi connectivity index (χ0n) is 18.9. The number of hydrazone groups is 1. The van der Waals surface area contributed by atoms with Crippen molar-refractivity contribution in [3.05, 3.63) is 99.9 Å². The molecule has 1 N–H and O–H groups in total. The number of nitrogens with zero attached hydrogens (tertiary/aromatic N) is 2. The predicted octanol–water partition coefficient (Wildman–Crippen LogP) is 7.79. The van der Waals surface area contributed by atoms with Crippen molar-refractivity contribution in [2.24, 2.45) is 5.10 Å². The van der Waals surface area contributed by atoms with Crippen molar-refractivity contribution in [2.45, 2.75) is 26.7 Å². The number of aryl methyl sites for hydroxylation is 1. The number of ether oxygens (including phenoxy) is 1. The molecule has 0 aliphatic carbocycles. The molecule has 33 heavy (non-hydrogen) atoms. The molecule has 4 aromatic rings. The van der Waals surface area contributed by atoms with Gasteiger partial charge in [0.15, 0.2) is 0 Å². The van der Waals surface area contributed by atoms with Crippen LogP contribution in [-0.2, 0) is 0 Å². The molecule has 0 spiro atoms. The van der Waals surface area contributed by atoms with E-state index in [1.54, 1.807) is 0 Å². The normalized spacial score (nSPS) is 11.6. The first-order valence-electron chi connectivity index (χ1n) is 10.8. The summed E-state index contributed by atoms with van der Waals surface area (Å²) in [5.41, 5.74) is 9.17. The van der Waals surface area contributed by atoms with Gasteiger partial charge < -0.3 is 4.74 Å². The number of nitrogens with one attached hydrogen (secondary N) is 1. The second kappa shape index (κ2) is 10.6. The highest BCUT2D eigenvalue weighted by Gasteiger charge is 2.12. The molecule has 0 saturated heterocycles. The first-order chi connectivity index (χ1) is 16.0. The van der Waals surface area contributed by atoms with Gasteiger partial charge in [0.05, 0.1) is 5.69 Å². The minimum atomic E-state index is 0.343. The van der Waals surface area contributed by atoms with Gasteiger partial charge in [-0.25, -0.2) is 4.98 Å². The lowest BCUT2D eigenvalue weighted by Crippen LogP contribution is -2.16. The second-order valence-electron chi connectivity index (χ2n) is 8.07. The molecule has 6 heteroatoms. The summed E-state index contributed by atoms with van der Waals surface area (Å²) in [6.07, 6.45) is 0. The summed E-state index contributed by atoms with van der Waals surface area (Å²) < 4.78 is 6.27. The number of anilines is 1. The van der Waals surface area contributed by atoms with Crippen LogP contribution in [0.25, 0.3) is 11.3 Å². The highest BCUT2D eigenvalue weighted by Crippen LogP contribution is 2.28. The summed E-state index contributed by atoms with van der Waals surface area (Å²) >= 11 is 7.50. The molecular formula is C27H26ClN3OS. The average Bonchev–Trinajstić information content (AvgIpc) is 3.29. The van der Waals surface area contributed by atoms with Crippen LogP contribution in [0.2, 0.25) is 5.02 Å². The number of thiazole rings is 1. The van der Waals surface area contributed by atoms with E-state index in [0.717, 1.165) is 28.3 Å². The molecule has 0 fully saturated rings. The Morgan fingerprint density at radius 1 is 1.06 bits per heavy atom. The number of aromatic nitrogens is 1. The highest BCUT2D eigenvalue weighted by atomic mass is 35.5. The van der Waals surface area contributed by atoms with E-state index < -0.39 is 0 Å². The SMILES string of the molecule is Cc1ccc(C(C)C)c(OC/C(=N/Nc2nc(-c3ccc(Cl)cc3)cs2)c2ccccc2)c1. The van der Waals surface area contributed by atoms with E-state index in [0.29, 0.717) is 22.7 Å². The van der Waals surface area contributed by atoms with E-state index >= 15 is 0 Å². The molecule has 0 radical (unpaired) electrons. The smallest absolute Gasteiger partial charge is 0.203 e. The number of hydrogen-bond donors (Lipinski definition) is 1. The van der Waals surface area contributed by atoms with Gasteiger partial charge in [0.2, 0.25) is 5.13 Å². The summed E-state index contributed by atoms with van der Waals surface area (Å²) in [6.45, 7) is 6.76. The minimum Gasteiger partial charge on any atom is -0.487 e. The van der Waals surface area contributed by atoms with Crippen molar-refractivity contribution < 1.29 is 4.74 Å². The maximum absolute atomic E-state index is 6.27. The van der Waals surface area contributed by atoms with E-state index in [-0.39, 0.29) is 0 Å². The van der Waals surface area contributed by atoms with Crippen LogP contribution >= 0.6 is 22.9 Å². The Morgan fingerprint density at radius 2 is 1.82 bits per heavy atom. The van der Waals surface area contributed by atoms with Gasteiger partial charge in [-0.1, -0.05) is 80.0 Å². The average molecular weight is 476 g/mol. The monoisotopic (exact) mass is 475 g/mol. The molecule has 0 bridgehead atoms. The molecule has 0 atom stereocenters. The number of rotatable bonds is 8. The fourth-order valence-corrected chi connectivity index (χ4v) is 4.18. The summed E-state index contributed by atoms with van der Waals surface area (Å²) in [7, 11) is 0. The molecule has 0 aliphatic heterocycles. The van der Waals surface area contributed by atoms with Crippen molar-refractivity contribution in [3.8, 4) is 17.0 Å². The summed E-state index contributed by atoms with van der Waals surface area (Å²) in [5, 5.41) is 8.09. The Balaban J connectivity index is 1.55. The Labute approximate surface area is 203 Å². The second-order valence-corrected chi connectivity index (χ2v) is 9.36. The Bertz CT molecular complexity index is 1230. The fraction of sp³-hybridized carbons (Fsp3) is 0.185. The number of benzene rings is 3. The lowest BCUT2D eigenvalue weighted by Gasteiger charge is -2.16. The molecule has 0 saturated carbocycles. The predicted molar refractivity (Wildman–Crippen MR) is 140 cm³/mol. The maximum Gasteiger partial charge on any atom is 0.203 e. The molecule has 1 aromatic heterocycles. The van der Waals surface area contributed by atoms with Crippen LogP contribution < -0.4 is 10.2 Å². The minimum absolute atomic E-state index is 0.343. The van der Waals surface area contributed by atoms with Crippen molar-refractivity contribution in [1.82, 2.24) is 4.98 Å². The largest absolute Gasteiger partial charge is 0.487 e. The number of halogens is 1. The summed E-state index contributed by atoms with van der Waals surface area (Å²) in [5.74, 6) is 1.27. The number of hydrogen-bond acceptors (Lipinski definition) is 5. The van der Waals surface area contributed by atoms with Crippen LogP contribution in [0.1, 0.15) is 36.5 Å². The zero-order valence-corrected chi connectivity index (χ0v) is 20.5. The van der Waals surface area contributed by atoms with E-state index in [1.807, 2.05) is 60.0 Å². The lowest BCUT2D eigenvalue weighted by molar-refractivity contribution is 0.370. The highest BCUT2D eigenvalue weighted by molar-refractivity contribution is 7.14. The van der Waals surface area contributed by atoms with Crippen molar-refractivity contribution in [2.75, 3.05) is 12.0 Å². The molecule has 0 aliphatic rings. The Hall–Kier alpha value is -3.15. The summed E-state index contributed by atoms with van der Waals surface area (Å²) in [4.78, 5) is 4.66. The molecule has 3 aromatic carbocycles. The first-order valence-corrected chi connectivity index (χ1v) is 12.1. The van der Waals surface area contributed by atoms with Crippen LogP contribution in [0.15, 0.2) is 83.3 Å². The van der Waals surface area contributed by atoms with Gasteiger partial charge in [0.1, 0.15) is 18.1 Å². The third kappa shape index (κ3) is 6.01.